The van der Waals surface area contributed by atoms with Gasteiger partial charge in [-0.3, -0.25) is 4.79 Å². The highest BCUT2D eigenvalue weighted by atomic mass is 32.1. The molecule has 0 spiro atoms. The summed E-state index contributed by atoms with van der Waals surface area (Å²) in [5.41, 5.74) is 3.19. The molecule has 1 aromatic carbocycles. The number of carbonyl (C=O) groups is 1. The standard InChI is InChI=1S/C20H25N5OS/c1-20(2,3)16-13-25-19(22-16)27-18(23-25)21-12-14-7-6-8-15(11-14)24-10-5-4-9-17(24)26/h6-8,11,13H,4-5,9-10,12H2,1-3H3,(H,21,23). The van der Waals surface area contributed by atoms with Crippen LogP contribution in [-0.2, 0) is 16.8 Å². The Kier molecular flexibility index (Phi) is 4.63. The van der Waals surface area contributed by atoms with E-state index < -0.39 is 0 Å². The van der Waals surface area contributed by atoms with Crippen LogP contribution in [0.1, 0.15) is 51.3 Å². The lowest BCUT2D eigenvalue weighted by Gasteiger charge is -2.27. The van der Waals surface area contributed by atoms with E-state index in [0.29, 0.717) is 13.0 Å². The van der Waals surface area contributed by atoms with Gasteiger partial charge in [-0.25, -0.2) is 9.50 Å². The number of aromatic nitrogens is 3. The topological polar surface area (TPSA) is 62.5 Å². The largest absolute Gasteiger partial charge is 0.356 e. The molecule has 142 valence electrons. The van der Waals surface area contributed by atoms with E-state index in [1.165, 1.54) is 0 Å². The SMILES string of the molecule is CC(C)(C)c1cn2nc(NCc3cccc(N4CCCCC4=O)c3)sc2n1. The molecule has 27 heavy (non-hydrogen) atoms. The minimum Gasteiger partial charge on any atom is -0.356 e. The van der Waals surface area contributed by atoms with E-state index in [9.17, 15) is 4.79 Å². The van der Waals surface area contributed by atoms with E-state index >= 15 is 0 Å². The number of imidazole rings is 1. The summed E-state index contributed by atoms with van der Waals surface area (Å²) in [7, 11) is 0. The van der Waals surface area contributed by atoms with Crippen LogP contribution in [-0.4, -0.2) is 27.0 Å². The number of piperidine rings is 1. The first-order valence-electron chi connectivity index (χ1n) is 9.40. The number of rotatable bonds is 4. The Morgan fingerprint density at radius 2 is 2.11 bits per heavy atom. The number of benzene rings is 1. The first kappa shape index (κ1) is 18.0. The molecule has 1 saturated heterocycles. The van der Waals surface area contributed by atoms with Crippen LogP contribution in [0.3, 0.4) is 0 Å². The van der Waals surface area contributed by atoms with Gasteiger partial charge in [-0.2, -0.15) is 0 Å². The predicted molar refractivity (Wildman–Crippen MR) is 110 cm³/mol. The normalized spacial score (nSPS) is 15.5. The molecule has 1 N–H and O–H groups in total. The van der Waals surface area contributed by atoms with E-state index in [4.69, 9.17) is 0 Å². The molecular weight excluding hydrogens is 358 g/mol. The highest BCUT2D eigenvalue weighted by molar-refractivity contribution is 7.20. The number of fused-ring (bicyclic) bond motifs is 1. The lowest BCUT2D eigenvalue weighted by atomic mass is 9.93. The zero-order valence-corrected chi connectivity index (χ0v) is 16.8. The number of nitrogens with zero attached hydrogens (tertiary/aromatic N) is 4. The van der Waals surface area contributed by atoms with Crippen LogP contribution >= 0.6 is 11.3 Å². The summed E-state index contributed by atoms with van der Waals surface area (Å²) in [5, 5.41) is 8.81. The number of hydrogen-bond acceptors (Lipinski definition) is 5. The van der Waals surface area contributed by atoms with Crippen molar-refractivity contribution < 1.29 is 4.79 Å². The fourth-order valence-corrected chi connectivity index (χ4v) is 4.00. The Bertz CT molecular complexity index is 937. The Hall–Kier alpha value is -2.41. The second kappa shape index (κ2) is 6.96. The summed E-state index contributed by atoms with van der Waals surface area (Å²) in [4.78, 5) is 19.6. The summed E-state index contributed by atoms with van der Waals surface area (Å²) < 4.78 is 1.84. The Balaban J connectivity index is 1.45. The lowest BCUT2D eigenvalue weighted by Crippen LogP contribution is -2.35. The number of amides is 1. The predicted octanol–water partition coefficient (Wildman–Crippen LogP) is 4.22. The molecule has 7 heteroatoms. The van der Waals surface area contributed by atoms with E-state index in [1.807, 2.05) is 27.7 Å². The third kappa shape index (κ3) is 3.83. The molecule has 0 unspecified atom stereocenters. The van der Waals surface area contributed by atoms with Gasteiger partial charge in [0.1, 0.15) is 0 Å². The van der Waals surface area contributed by atoms with Gasteiger partial charge < -0.3 is 10.2 Å². The van der Waals surface area contributed by atoms with Crippen molar-refractivity contribution in [2.45, 2.75) is 52.0 Å². The van der Waals surface area contributed by atoms with Gasteiger partial charge >= 0.3 is 0 Å². The molecule has 6 nitrogen and oxygen atoms in total. The summed E-state index contributed by atoms with van der Waals surface area (Å²) in [6.07, 6.45) is 4.72. The van der Waals surface area contributed by atoms with Crippen LogP contribution in [0.5, 0.6) is 0 Å². The van der Waals surface area contributed by atoms with Crippen LogP contribution < -0.4 is 10.2 Å². The molecule has 3 heterocycles. The van der Waals surface area contributed by atoms with Crippen molar-refractivity contribution in [2.75, 3.05) is 16.8 Å². The summed E-state index contributed by atoms with van der Waals surface area (Å²) in [6, 6.07) is 8.19. The first-order chi connectivity index (χ1) is 12.9. The molecule has 3 aromatic rings. The Labute approximate surface area is 163 Å². The fraction of sp³-hybridized carbons (Fsp3) is 0.450. The number of anilines is 2. The smallest absolute Gasteiger partial charge is 0.226 e. The fourth-order valence-electron chi connectivity index (χ4n) is 3.22. The molecule has 0 bridgehead atoms. The second-order valence-electron chi connectivity index (χ2n) is 8.04. The lowest BCUT2D eigenvalue weighted by molar-refractivity contribution is -0.119. The van der Waals surface area contributed by atoms with Crippen LogP contribution in [0.25, 0.3) is 4.96 Å². The van der Waals surface area contributed by atoms with Gasteiger partial charge in [-0.1, -0.05) is 44.2 Å². The van der Waals surface area contributed by atoms with Gasteiger partial charge in [0, 0.05) is 30.6 Å². The van der Waals surface area contributed by atoms with Crippen molar-refractivity contribution in [3.8, 4) is 0 Å². The molecule has 1 aliphatic rings. The monoisotopic (exact) mass is 383 g/mol. The molecule has 1 fully saturated rings. The van der Waals surface area contributed by atoms with Crippen molar-refractivity contribution in [3.63, 3.8) is 0 Å². The second-order valence-corrected chi connectivity index (χ2v) is 8.99. The summed E-state index contributed by atoms with van der Waals surface area (Å²) in [5.74, 6) is 0.224. The molecule has 4 rings (SSSR count). The zero-order chi connectivity index (χ0) is 19.0. The van der Waals surface area contributed by atoms with E-state index in [0.717, 1.165) is 46.4 Å². The van der Waals surface area contributed by atoms with Gasteiger partial charge in [0.15, 0.2) is 0 Å². The first-order valence-corrected chi connectivity index (χ1v) is 10.2. The maximum Gasteiger partial charge on any atom is 0.226 e. The average molecular weight is 384 g/mol. The quantitative estimate of drug-likeness (QED) is 0.733. The van der Waals surface area contributed by atoms with Crippen molar-refractivity contribution in [2.24, 2.45) is 0 Å². The molecule has 0 aliphatic carbocycles. The van der Waals surface area contributed by atoms with Crippen LogP contribution in [0.15, 0.2) is 30.5 Å². The van der Waals surface area contributed by atoms with Crippen molar-refractivity contribution in [1.29, 1.82) is 0 Å². The molecule has 1 aliphatic heterocycles. The van der Waals surface area contributed by atoms with Gasteiger partial charge in [0.25, 0.3) is 0 Å². The maximum absolute atomic E-state index is 12.1. The van der Waals surface area contributed by atoms with Gasteiger partial charge in [0.2, 0.25) is 16.0 Å². The van der Waals surface area contributed by atoms with Crippen molar-refractivity contribution in [3.05, 3.63) is 41.7 Å². The minimum atomic E-state index is 0.0212. The molecular formula is C20H25N5OS. The zero-order valence-electron chi connectivity index (χ0n) is 16.0. The number of carbonyl (C=O) groups excluding carboxylic acids is 1. The minimum absolute atomic E-state index is 0.0212. The molecule has 0 radical (unpaired) electrons. The number of nitrogens with one attached hydrogen (secondary N) is 1. The van der Waals surface area contributed by atoms with E-state index in [1.54, 1.807) is 11.3 Å². The van der Waals surface area contributed by atoms with Crippen LogP contribution in [0, 0.1) is 0 Å². The highest BCUT2D eigenvalue weighted by Gasteiger charge is 2.20. The van der Waals surface area contributed by atoms with E-state index in [-0.39, 0.29) is 11.3 Å². The average Bonchev–Trinajstić information content (AvgIpc) is 3.19. The molecule has 2 aromatic heterocycles. The van der Waals surface area contributed by atoms with Crippen LogP contribution in [0.4, 0.5) is 10.8 Å². The van der Waals surface area contributed by atoms with Crippen molar-refractivity contribution >= 4 is 33.0 Å². The molecule has 1 amide bonds. The number of hydrogen-bond donors (Lipinski definition) is 1. The highest BCUT2D eigenvalue weighted by Crippen LogP contribution is 2.26. The van der Waals surface area contributed by atoms with Gasteiger partial charge in [-0.15, -0.1) is 5.10 Å². The summed E-state index contributed by atoms with van der Waals surface area (Å²) in [6.45, 7) is 7.93. The van der Waals surface area contributed by atoms with Crippen molar-refractivity contribution in [1.82, 2.24) is 14.6 Å². The van der Waals surface area contributed by atoms with E-state index in [2.05, 4.69) is 48.3 Å². The van der Waals surface area contributed by atoms with Crippen LogP contribution in [0.2, 0.25) is 0 Å². The molecule has 0 saturated carbocycles. The Morgan fingerprint density at radius 3 is 2.85 bits per heavy atom. The third-order valence-electron chi connectivity index (χ3n) is 4.80. The maximum atomic E-state index is 12.1. The molecule has 0 atom stereocenters. The summed E-state index contributed by atoms with van der Waals surface area (Å²) >= 11 is 1.55. The Morgan fingerprint density at radius 1 is 1.26 bits per heavy atom. The third-order valence-corrected chi connectivity index (χ3v) is 5.68. The van der Waals surface area contributed by atoms with Gasteiger partial charge in [-0.05, 0) is 30.5 Å². The van der Waals surface area contributed by atoms with Gasteiger partial charge in [0.05, 0.1) is 11.9 Å².